The molecule has 5 nitrogen and oxygen atoms in total. The first kappa shape index (κ1) is 17.0. The summed E-state index contributed by atoms with van der Waals surface area (Å²) in [5.41, 5.74) is 1.75. The number of hydrogen-bond acceptors (Lipinski definition) is 4. The lowest BCUT2D eigenvalue weighted by atomic mass is 10.1. The first-order chi connectivity index (χ1) is 11.1. The molecule has 2 aromatic rings. The Morgan fingerprint density at radius 3 is 2.74 bits per heavy atom. The SMILES string of the molecule is CCc1ccccc1NC(=O)COC(=O)/C=C/c1ccc(Br)o1. The van der Waals surface area contributed by atoms with E-state index in [-0.39, 0.29) is 12.5 Å². The quantitative estimate of drug-likeness (QED) is 0.613. The van der Waals surface area contributed by atoms with Gasteiger partial charge in [-0.05, 0) is 52.2 Å². The zero-order chi connectivity index (χ0) is 16.7. The minimum absolute atomic E-state index is 0.344. The second kappa shape index (κ2) is 8.33. The molecule has 0 atom stereocenters. The highest BCUT2D eigenvalue weighted by atomic mass is 79.9. The highest BCUT2D eigenvalue weighted by molar-refractivity contribution is 9.10. The molecular formula is C17H16BrNO4. The summed E-state index contributed by atoms with van der Waals surface area (Å²) < 4.78 is 10.7. The number of rotatable bonds is 6. The second-order valence-electron chi connectivity index (χ2n) is 4.64. The van der Waals surface area contributed by atoms with E-state index < -0.39 is 5.97 Å². The third-order valence-electron chi connectivity index (χ3n) is 3.00. The van der Waals surface area contributed by atoms with Gasteiger partial charge in [-0.15, -0.1) is 0 Å². The van der Waals surface area contributed by atoms with Crippen LogP contribution < -0.4 is 5.32 Å². The Morgan fingerprint density at radius 1 is 1.26 bits per heavy atom. The lowest BCUT2D eigenvalue weighted by Gasteiger charge is -2.09. The minimum Gasteiger partial charge on any atom is -0.452 e. The molecule has 0 aliphatic carbocycles. The average Bonchev–Trinajstić information content (AvgIpc) is 2.97. The van der Waals surface area contributed by atoms with Crippen molar-refractivity contribution in [2.24, 2.45) is 0 Å². The smallest absolute Gasteiger partial charge is 0.331 e. The van der Waals surface area contributed by atoms with Gasteiger partial charge >= 0.3 is 5.97 Å². The number of halogens is 1. The van der Waals surface area contributed by atoms with Gasteiger partial charge in [-0.2, -0.15) is 0 Å². The van der Waals surface area contributed by atoms with Gasteiger partial charge in [0.1, 0.15) is 5.76 Å². The highest BCUT2D eigenvalue weighted by Gasteiger charge is 2.08. The second-order valence-corrected chi connectivity index (χ2v) is 5.42. The maximum atomic E-state index is 11.8. The topological polar surface area (TPSA) is 68.5 Å². The third-order valence-corrected chi connectivity index (χ3v) is 3.42. The molecule has 1 aromatic carbocycles. The Hall–Kier alpha value is -2.34. The van der Waals surface area contributed by atoms with Gasteiger partial charge in [0.25, 0.3) is 5.91 Å². The van der Waals surface area contributed by atoms with Crippen molar-refractivity contribution in [1.82, 2.24) is 0 Å². The zero-order valence-corrected chi connectivity index (χ0v) is 14.1. The van der Waals surface area contributed by atoms with E-state index in [1.165, 1.54) is 12.2 Å². The standard InChI is InChI=1S/C17H16BrNO4/c1-2-12-5-3-4-6-14(12)19-16(20)11-22-17(21)10-8-13-7-9-15(18)23-13/h3-10H,2,11H2,1H3,(H,19,20)/b10-8+. The summed E-state index contributed by atoms with van der Waals surface area (Å²) in [5.74, 6) is -0.486. The van der Waals surface area contributed by atoms with Gasteiger partial charge in [-0.1, -0.05) is 25.1 Å². The van der Waals surface area contributed by atoms with E-state index in [2.05, 4.69) is 21.2 Å². The number of carbonyl (C=O) groups excluding carboxylic acids is 2. The van der Waals surface area contributed by atoms with Crippen LogP contribution in [-0.2, 0) is 20.7 Å². The van der Waals surface area contributed by atoms with Crippen LogP contribution in [0.4, 0.5) is 5.69 Å². The zero-order valence-electron chi connectivity index (χ0n) is 12.5. The number of amides is 1. The molecule has 2 rings (SSSR count). The van der Waals surface area contributed by atoms with E-state index in [1.54, 1.807) is 12.1 Å². The summed E-state index contributed by atoms with van der Waals surface area (Å²) >= 11 is 3.16. The number of benzene rings is 1. The van der Waals surface area contributed by atoms with Crippen molar-refractivity contribution in [1.29, 1.82) is 0 Å². The number of para-hydroxylation sites is 1. The Labute approximate surface area is 142 Å². The van der Waals surface area contributed by atoms with E-state index in [9.17, 15) is 9.59 Å². The van der Waals surface area contributed by atoms with E-state index in [0.717, 1.165) is 17.7 Å². The summed E-state index contributed by atoms with van der Waals surface area (Å²) in [6.07, 6.45) is 3.48. The van der Waals surface area contributed by atoms with Crippen molar-refractivity contribution in [3.63, 3.8) is 0 Å². The molecule has 1 heterocycles. The Bertz CT molecular complexity index is 721. The molecule has 1 N–H and O–H groups in total. The normalized spacial score (nSPS) is 10.7. The fraction of sp³-hybridized carbons (Fsp3) is 0.176. The van der Waals surface area contributed by atoms with Crippen molar-refractivity contribution < 1.29 is 18.7 Å². The van der Waals surface area contributed by atoms with Crippen LogP contribution in [0.25, 0.3) is 6.08 Å². The molecule has 120 valence electrons. The molecule has 6 heteroatoms. The monoisotopic (exact) mass is 377 g/mol. The van der Waals surface area contributed by atoms with E-state index in [1.807, 2.05) is 31.2 Å². The summed E-state index contributed by atoms with van der Waals surface area (Å²) in [7, 11) is 0. The first-order valence-corrected chi connectivity index (χ1v) is 7.85. The van der Waals surface area contributed by atoms with E-state index >= 15 is 0 Å². The van der Waals surface area contributed by atoms with Gasteiger partial charge in [0, 0.05) is 11.8 Å². The molecule has 23 heavy (non-hydrogen) atoms. The molecule has 0 saturated carbocycles. The number of aryl methyl sites for hydroxylation is 1. The summed E-state index contributed by atoms with van der Waals surface area (Å²) in [6.45, 7) is 1.66. The van der Waals surface area contributed by atoms with Gasteiger partial charge in [-0.25, -0.2) is 4.79 Å². The average molecular weight is 378 g/mol. The predicted octanol–water partition coefficient (Wildman–Crippen LogP) is 3.80. The molecule has 0 radical (unpaired) electrons. The molecule has 0 spiro atoms. The van der Waals surface area contributed by atoms with Gasteiger partial charge < -0.3 is 14.5 Å². The first-order valence-electron chi connectivity index (χ1n) is 7.06. The van der Waals surface area contributed by atoms with Gasteiger partial charge in [0.2, 0.25) is 0 Å². The molecular weight excluding hydrogens is 362 g/mol. The Kier molecular flexibility index (Phi) is 6.17. The Balaban J connectivity index is 1.82. The molecule has 1 amide bonds. The van der Waals surface area contributed by atoms with E-state index in [4.69, 9.17) is 9.15 Å². The predicted molar refractivity (Wildman–Crippen MR) is 90.9 cm³/mol. The minimum atomic E-state index is -0.614. The van der Waals surface area contributed by atoms with Crippen LogP contribution in [0.1, 0.15) is 18.2 Å². The van der Waals surface area contributed by atoms with Crippen molar-refractivity contribution in [2.45, 2.75) is 13.3 Å². The van der Waals surface area contributed by atoms with Crippen molar-refractivity contribution in [2.75, 3.05) is 11.9 Å². The largest absolute Gasteiger partial charge is 0.452 e. The summed E-state index contributed by atoms with van der Waals surface area (Å²) in [4.78, 5) is 23.4. The van der Waals surface area contributed by atoms with Crippen molar-refractivity contribution in [3.05, 3.63) is 58.5 Å². The maximum absolute atomic E-state index is 11.8. The van der Waals surface area contributed by atoms with Crippen LogP contribution in [0.3, 0.4) is 0 Å². The van der Waals surface area contributed by atoms with Crippen LogP contribution >= 0.6 is 15.9 Å². The number of anilines is 1. The Morgan fingerprint density at radius 2 is 2.04 bits per heavy atom. The lowest BCUT2D eigenvalue weighted by molar-refractivity contribution is -0.142. The molecule has 0 aliphatic heterocycles. The lowest BCUT2D eigenvalue weighted by Crippen LogP contribution is -2.20. The molecule has 0 unspecified atom stereocenters. The highest BCUT2D eigenvalue weighted by Crippen LogP contribution is 2.16. The summed E-state index contributed by atoms with van der Waals surface area (Å²) in [5, 5.41) is 2.73. The number of esters is 1. The van der Waals surface area contributed by atoms with Crippen molar-refractivity contribution in [3.8, 4) is 0 Å². The van der Waals surface area contributed by atoms with Crippen LogP contribution in [0.2, 0.25) is 0 Å². The van der Waals surface area contributed by atoms with Gasteiger partial charge in [0.05, 0.1) is 0 Å². The van der Waals surface area contributed by atoms with Crippen LogP contribution in [0.5, 0.6) is 0 Å². The van der Waals surface area contributed by atoms with Crippen LogP contribution in [-0.4, -0.2) is 18.5 Å². The molecule has 0 fully saturated rings. The maximum Gasteiger partial charge on any atom is 0.331 e. The van der Waals surface area contributed by atoms with Gasteiger partial charge in [-0.3, -0.25) is 4.79 Å². The van der Waals surface area contributed by atoms with Crippen LogP contribution in [0.15, 0.2) is 51.6 Å². The summed E-state index contributed by atoms with van der Waals surface area (Å²) in [6, 6.07) is 10.9. The third kappa shape index (κ3) is 5.41. The molecule has 0 saturated heterocycles. The number of ether oxygens (including phenoxy) is 1. The van der Waals surface area contributed by atoms with Crippen molar-refractivity contribution >= 4 is 39.6 Å². The fourth-order valence-electron chi connectivity index (χ4n) is 1.89. The number of carbonyl (C=O) groups is 2. The molecule has 0 bridgehead atoms. The number of furan rings is 1. The van der Waals surface area contributed by atoms with Gasteiger partial charge in [0.15, 0.2) is 11.3 Å². The molecule has 1 aromatic heterocycles. The molecule has 0 aliphatic rings. The number of nitrogens with one attached hydrogen (secondary N) is 1. The van der Waals surface area contributed by atoms with E-state index in [0.29, 0.717) is 10.4 Å². The fourth-order valence-corrected chi connectivity index (χ4v) is 2.21. The number of hydrogen-bond donors (Lipinski definition) is 1. The van der Waals surface area contributed by atoms with Crippen LogP contribution in [0, 0.1) is 0 Å².